The molecule has 0 atom stereocenters. The van der Waals surface area contributed by atoms with Gasteiger partial charge in [-0.05, 0) is 18.2 Å². The van der Waals surface area contributed by atoms with Crippen LogP contribution in [0.4, 0.5) is 5.69 Å². The molecule has 1 N–H and O–H groups in total. The fourth-order valence-corrected chi connectivity index (χ4v) is 4.19. The van der Waals surface area contributed by atoms with Crippen LogP contribution in [0.2, 0.25) is 0 Å². The predicted molar refractivity (Wildman–Crippen MR) is 102 cm³/mol. The highest BCUT2D eigenvalue weighted by Gasteiger charge is 2.20. The summed E-state index contributed by atoms with van der Waals surface area (Å²) in [5.41, 5.74) is 1.85. The number of sulfone groups is 1. The highest BCUT2D eigenvalue weighted by Crippen LogP contribution is 2.28. The molecule has 1 aromatic carbocycles. The first-order valence-corrected chi connectivity index (χ1v) is 9.61. The smallest absolute Gasteiger partial charge is 0.208 e. The van der Waals surface area contributed by atoms with Crippen molar-refractivity contribution in [1.82, 2.24) is 10.3 Å². The molecule has 0 aliphatic carbocycles. The van der Waals surface area contributed by atoms with Crippen LogP contribution in [0.5, 0.6) is 0 Å². The number of nitrogens with zero attached hydrogens (tertiary/aromatic N) is 2. The highest BCUT2D eigenvalue weighted by molar-refractivity contribution is 7.95. The molecule has 2 aromatic rings. The Bertz CT molecular complexity index is 942. The van der Waals surface area contributed by atoms with E-state index in [0.29, 0.717) is 0 Å². The van der Waals surface area contributed by atoms with Gasteiger partial charge in [-0.2, -0.15) is 0 Å². The molecule has 5 nitrogen and oxygen atoms in total. The standard InChI is InChI=1S/C19H21N3O2S/c1-3-6-16(4-2)25(23,24)17-13-15-7-5-8-18(19(15)21-14-17)22-11-9-20-10-12-22/h3-8,13-14,20H,1-2,9-12H2/b16-6+. The third kappa shape index (κ3) is 3.36. The van der Waals surface area contributed by atoms with Crippen LogP contribution >= 0.6 is 0 Å². The second-order valence-corrected chi connectivity index (χ2v) is 7.72. The zero-order valence-electron chi connectivity index (χ0n) is 14.0. The largest absolute Gasteiger partial charge is 0.367 e. The average molecular weight is 355 g/mol. The van der Waals surface area contributed by atoms with Gasteiger partial charge >= 0.3 is 0 Å². The van der Waals surface area contributed by atoms with E-state index in [1.807, 2.05) is 18.2 Å². The monoisotopic (exact) mass is 355 g/mol. The van der Waals surface area contributed by atoms with E-state index in [2.05, 4.69) is 28.4 Å². The van der Waals surface area contributed by atoms with Crippen LogP contribution in [-0.2, 0) is 9.84 Å². The van der Waals surface area contributed by atoms with Crippen LogP contribution in [-0.4, -0.2) is 39.6 Å². The Morgan fingerprint density at radius 3 is 2.68 bits per heavy atom. The van der Waals surface area contributed by atoms with Crippen molar-refractivity contribution >= 4 is 26.4 Å². The van der Waals surface area contributed by atoms with Crippen LogP contribution in [0.3, 0.4) is 0 Å². The number of aromatic nitrogens is 1. The van der Waals surface area contributed by atoms with Crippen molar-refractivity contribution in [3.05, 3.63) is 66.8 Å². The summed E-state index contributed by atoms with van der Waals surface area (Å²) >= 11 is 0. The summed E-state index contributed by atoms with van der Waals surface area (Å²) in [6, 6.07) is 7.52. The number of piperazine rings is 1. The van der Waals surface area contributed by atoms with Gasteiger partial charge in [-0.1, -0.05) is 37.4 Å². The number of hydrogen-bond donors (Lipinski definition) is 1. The Balaban J connectivity index is 2.08. The molecule has 0 bridgehead atoms. The zero-order valence-corrected chi connectivity index (χ0v) is 14.8. The number of anilines is 1. The van der Waals surface area contributed by atoms with Gasteiger partial charge in [-0.3, -0.25) is 4.98 Å². The zero-order chi connectivity index (χ0) is 17.9. The number of nitrogens with one attached hydrogen (secondary N) is 1. The Morgan fingerprint density at radius 2 is 2.00 bits per heavy atom. The Hall–Kier alpha value is -2.44. The fraction of sp³-hybridized carbons (Fsp3) is 0.211. The fourth-order valence-electron chi connectivity index (χ4n) is 2.95. The predicted octanol–water partition coefficient (Wildman–Crippen LogP) is 2.67. The van der Waals surface area contributed by atoms with Gasteiger partial charge in [-0.25, -0.2) is 8.42 Å². The van der Waals surface area contributed by atoms with Crippen molar-refractivity contribution < 1.29 is 8.42 Å². The second-order valence-electron chi connectivity index (χ2n) is 5.77. The molecule has 3 rings (SSSR count). The lowest BCUT2D eigenvalue weighted by atomic mass is 10.1. The van der Waals surface area contributed by atoms with Crippen molar-refractivity contribution in [1.29, 1.82) is 0 Å². The maximum Gasteiger partial charge on any atom is 0.208 e. The summed E-state index contributed by atoms with van der Waals surface area (Å²) in [5, 5.41) is 4.13. The molecule has 0 spiro atoms. The summed E-state index contributed by atoms with van der Waals surface area (Å²) in [6.45, 7) is 10.8. The molecule has 1 aliphatic rings. The van der Waals surface area contributed by atoms with Gasteiger partial charge in [0.05, 0.1) is 21.0 Å². The number of fused-ring (bicyclic) bond motifs is 1. The summed E-state index contributed by atoms with van der Waals surface area (Å²) < 4.78 is 25.5. The lowest BCUT2D eigenvalue weighted by molar-refractivity contribution is 0.590. The molecule has 25 heavy (non-hydrogen) atoms. The van der Waals surface area contributed by atoms with Crippen molar-refractivity contribution in [2.45, 2.75) is 4.90 Å². The normalized spacial score (nSPS) is 16.0. The Morgan fingerprint density at radius 1 is 1.24 bits per heavy atom. The van der Waals surface area contributed by atoms with Gasteiger partial charge in [-0.15, -0.1) is 0 Å². The van der Waals surface area contributed by atoms with Gasteiger partial charge in [0.1, 0.15) is 0 Å². The van der Waals surface area contributed by atoms with Gasteiger partial charge in [0.25, 0.3) is 0 Å². The summed E-state index contributed by atoms with van der Waals surface area (Å²) in [5.74, 6) is 0. The van der Waals surface area contributed by atoms with E-state index in [0.717, 1.165) is 42.8 Å². The number of pyridine rings is 1. The summed E-state index contributed by atoms with van der Waals surface area (Å²) in [7, 11) is -3.66. The van der Waals surface area contributed by atoms with E-state index in [-0.39, 0.29) is 9.80 Å². The molecule has 130 valence electrons. The molecule has 2 heterocycles. The molecular formula is C19H21N3O2S. The molecule has 0 unspecified atom stereocenters. The van der Waals surface area contributed by atoms with Crippen LogP contribution in [0, 0.1) is 0 Å². The van der Waals surface area contributed by atoms with Crippen LogP contribution in [0.15, 0.2) is 71.6 Å². The van der Waals surface area contributed by atoms with E-state index >= 15 is 0 Å². The van der Waals surface area contributed by atoms with Crippen molar-refractivity contribution in [3.8, 4) is 0 Å². The molecule has 0 amide bonds. The van der Waals surface area contributed by atoms with Crippen molar-refractivity contribution in [2.75, 3.05) is 31.1 Å². The average Bonchev–Trinajstić information content (AvgIpc) is 2.65. The number of para-hydroxylation sites is 1. The van der Waals surface area contributed by atoms with E-state index in [4.69, 9.17) is 0 Å². The van der Waals surface area contributed by atoms with Gasteiger partial charge in [0.15, 0.2) is 0 Å². The van der Waals surface area contributed by atoms with Gasteiger partial charge in [0, 0.05) is 37.8 Å². The Labute approximate surface area is 148 Å². The third-order valence-electron chi connectivity index (χ3n) is 4.23. The van der Waals surface area contributed by atoms with Crippen molar-refractivity contribution in [2.24, 2.45) is 0 Å². The number of hydrogen-bond acceptors (Lipinski definition) is 5. The minimum Gasteiger partial charge on any atom is -0.367 e. The highest BCUT2D eigenvalue weighted by atomic mass is 32.2. The van der Waals surface area contributed by atoms with Crippen LogP contribution in [0.1, 0.15) is 0 Å². The quantitative estimate of drug-likeness (QED) is 0.836. The molecule has 0 saturated carbocycles. The third-order valence-corrected chi connectivity index (χ3v) is 5.99. The number of rotatable bonds is 5. The molecule has 1 aromatic heterocycles. The van der Waals surface area contributed by atoms with Crippen molar-refractivity contribution in [3.63, 3.8) is 0 Å². The maximum atomic E-state index is 12.7. The van der Waals surface area contributed by atoms with Gasteiger partial charge in [0.2, 0.25) is 9.84 Å². The number of allylic oxidation sites excluding steroid dienone is 3. The molecule has 1 saturated heterocycles. The van der Waals surface area contributed by atoms with Crippen LogP contribution < -0.4 is 10.2 Å². The first-order chi connectivity index (χ1) is 12.1. The van der Waals surface area contributed by atoms with Crippen LogP contribution in [0.25, 0.3) is 10.9 Å². The lowest BCUT2D eigenvalue weighted by Crippen LogP contribution is -2.43. The second kappa shape index (κ2) is 7.21. The molecule has 6 heteroatoms. The topological polar surface area (TPSA) is 62.3 Å². The van der Waals surface area contributed by atoms with E-state index in [1.54, 1.807) is 6.07 Å². The molecule has 0 radical (unpaired) electrons. The van der Waals surface area contributed by atoms with E-state index in [9.17, 15) is 8.42 Å². The summed E-state index contributed by atoms with van der Waals surface area (Å²) in [6.07, 6.45) is 5.61. The first-order valence-electron chi connectivity index (χ1n) is 8.12. The summed E-state index contributed by atoms with van der Waals surface area (Å²) in [4.78, 5) is 7.01. The minimum absolute atomic E-state index is 0.113. The minimum atomic E-state index is -3.66. The maximum absolute atomic E-state index is 12.7. The molecular weight excluding hydrogens is 334 g/mol. The number of benzene rings is 1. The SMILES string of the molecule is C=C/C=C(\C=C)S(=O)(=O)c1cnc2c(N3CCNCC3)cccc2c1. The molecule has 1 aliphatic heterocycles. The van der Waals surface area contributed by atoms with Gasteiger partial charge < -0.3 is 10.2 Å². The molecule has 1 fully saturated rings. The Kier molecular flexibility index (Phi) is 5.01. The van der Waals surface area contributed by atoms with E-state index < -0.39 is 9.84 Å². The lowest BCUT2D eigenvalue weighted by Gasteiger charge is -2.30. The van der Waals surface area contributed by atoms with E-state index in [1.165, 1.54) is 24.4 Å². The first kappa shape index (κ1) is 17.4.